The number of hydrogen-bond donors (Lipinski definition) is 1. The number of hydrazine groups is 1. The highest BCUT2D eigenvalue weighted by Crippen LogP contribution is 2.24. The number of hydrogen-bond acceptors (Lipinski definition) is 6. The van der Waals surface area contributed by atoms with E-state index in [1.54, 1.807) is 26.0 Å². The summed E-state index contributed by atoms with van der Waals surface area (Å²) in [7, 11) is 1.26. The Labute approximate surface area is 149 Å². The number of aliphatic carboxylic acids is 1. The number of fused-ring (bicyclic) bond motifs is 1. The van der Waals surface area contributed by atoms with Crippen LogP contribution in [0, 0.1) is 11.1 Å². The number of rotatable bonds is 7. The Morgan fingerprint density at radius 3 is 2.15 bits per heavy atom. The Kier molecular flexibility index (Phi) is 5.44. The molecule has 1 aliphatic heterocycles. The van der Waals surface area contributed by atoms with Crippen LogP contribution in [0.2, 0.25) is 0 Å². The molecular formula is C16H20N4O6. The molecule has 1 heterocycles. The van der Waals surface area contributed by atoms with Crippen LogP contribution in [0.5, 0.6) is 0 Å². The number of nitrogens with zero attached hydrogens (tertiary/aromatic N) is 4. The Bertz CT molecular complexity index is 728. The highest BCUT2D eigenvalue weighted by atomic mass is 16.7. The summed E-state index contributed by atoms with van der Waals surface area (Å²) in [6, 6.07) is 5.20. The van der Waals surface area contributed by atoms with Crippen molar-refractivity contribution in [1.82, 2.24) is 9.91 Å². The van der Waals surface area contributed by atoms with Gasteiger partial charge in [0.15, 0.2) is 6.04 Å². The predicted molar refractivity (Wildman–Crippen MR) is 87.6 cm³/mol. The van der Waals surface area contributed by atoms with Crippen LogP contribution in [0.3, 0.4) is 0 Å². The van der Waals surface area contributed by atoms with E-state index in [4.69, 9.17) is 4.84 Å². The first-order valence-electron chi connectivity index (χ1n) is 7.93. The third kappa shape index (κ3) is 3.44. The van der Waals surface area contributed by atoms with Crippen molar-refractivity contribution in [1.29, 1.82) is 0 Å². The molecule has 1 aromatic carbocycles. The van der Waals surface area contributed by atoms with Crippen LogP contribution in [0.4, 0.5) is 0 Å². The molecule has 1 unspecified atom stereocenters. The van der Waals surface area contributed by atoms with Crippen LogP contribution in [0.1, 0.15) is 41.5 Å². The first kappa shape index (κ1) is 19.2. The average molecular weight is 364 g/mol. The molecule has 0 aliphatic carbocycles. The lowest BCUT2D eigenvalue weighted by molar-refractivity contribution is -0.713. The molecule has 26 heavy (non-hydrogen) atoms. The Hall–Kier alpha value is -3.17. The lowest BCUT2D eigenvalue weighted by atomic mass is 10.1. The van der Waals surface area contributed by atoms with E-state index in [9.17, 15) is 24.7 Å². The van der Waals surface area contributed by atoms with Crippen LogP contribution in [0.15, 0.2) is 29.5 Å². The molecular weight excluding hydrogens is 344 g/mol. The van der Waals surface area contributed by atoms with Crippen molar-refractivity contribution < 1.29 is 29.3 Å². The fraction of sp³-hybridized carbons (Fsp3) is 0.438. The molecule has 1 aliphatic rings. The van der Waals surface area contributed by atoms with Crippen molar-refractivity contribution in [2.24, 2.45) is 11.2 Å². The van der Waals surface area contributed by atoms with Crippen LogP contribution in [0.25, 0.3) is 0 Å². The van der Waals surface area contributed by atoms with Gasteiger partial charge in [0, 0.05) is 0 Å². The Morgan fingerprint density at radius 1 is 1.23 bits per heavy atom. The average Bonchev–Trinajstić information content (AvgIpc) is 2.83. The number of imide groups is 1. The minimum Gasteiger partial charge on any atom is -0.569 e. The highest BCUT2D eigenvalue weighted by Gasteiger charge is 2.40. The fourth-order valence-electron chi connectivity index (χ4n) is 2.73. The first-order chi connectivity index (χ1) is 12.2. The predicted octanol–water partition coefficient (Wildman–Crippen LogP) is 1.48. The van der Waals surface area contributed by atoms with Gasteiger partial charge in [0.2, 0.25) is 11.5 Å². The number of benzene rings is 1. The minimum atomic E-state index is -1.19. The second-order valence-corrected chi connectivity index (χ2v) is 6.17. The zero-order valence-corrected chi connectivity index (χ0v) is 14.8. The van der Waals surface area contributed by atoms with Gasteiger partial charge in [-0.15, -0.1) is 5.01 Å². The summed E-state index contributed by atoms with van der Waals surface area (Å²) in [4.78, 5) is 41.7. The molecule has 10 heteroatoms. The van der Waals surface area contributed by atoms with Crippen molar-refractivity contribution in [3.8, 4) is 0 Å². The monoisotopic (exact) mass is 364 g/mol. The molecule has 0 radical (unpaired) electrons. The molecule has 10 nitrogen and oxygen atoms in total. The van der Waals surface area contributed by atoms with Crippen LogP contribution in [-0.2, 0) is 9.63 Å². The molecule has 0 aromatic heterocycles. The Morgan fingerprint density at radius 2 is 1.73 bits per heavy atom. The largest absolute Gasteiger partial charge is 0.569 e. The van der Waals surface area contributed by atoms with Gasteiger partial charge < -0.3 is 15.2 Å². The highest BCUT2D eigenvalue weighted by molar-refractivity contribution is 6.21. The number of amides is 2. The van der Waals surface area contributed by atoms with Crippen molar-refractivity contribution in [3.63, 3.8) is 0 Å². The lowest BCUT2D eigenvalue weighted by Crippen LogP contribution is -2.46. The van der Waals surface area contributed by atoms with Gasteiger partial charge in [0.05, 0.1) is 23.1 Å². The number of carbonyl (C=O) groups is 3. The van der Waals surface area contributed by atoms with E-state index in [0.29, 0.717) is 0 Å². The minimum absolute atomic E-state index is 0.0204. The summed E-state index contributed by atoms with van der Waals surface area (Å²) in [5.41, 5.74) is 0.490. The second kappa shape index (κ2) is 7.38. The summed E-state index contributed by atoms with van der Waals surface area (Å²) < 4.78 is 0. The molecule has 2 atom stereocenters. The summed E-state index contributed by atoms with van der Waals surface area (Å²) in [6.07, 6.45) is -1.14. The van der Waals surface area contributed by atoms with Crippen LogP contribution in [-0.4, -0.2) is 57.1 Å². The molecule has 1 N–H and O–H groups in total. The van der Waals surface area contributed by atoms with E-state index in [-0.39, 0.29) is 22.0 Å². The molecule has 2 rings (SSSR count). The third-order valence-corrected chi connectivity index (χ3v) is 4.02. The van der Waals surface area contributed by atoms with E-state index >= 15 is 0 Å². The quantitative estimate of drug-likeness (QED) is 0.336. The molecule has 0 saturated carbocycles. The molecule has 0 saturated heterocycles. The molecule has 1 aromatic rings. The van der Waals surface area contributed by atoms with Crippen molar-refractivity contribution in [2.75, 3.05) is 7.05 Å². The van der Waals surface area contributed by atoms with E-state index < -0.39 is 30.1 Å². The topological polar surface area (TPSA) is 126 Å². The van der Waals surface area contributed by atoms with Crippen molar-refractivity contribution in [3.05, 3.63) is 40.6 Å². The zero-order chi connectivity index (χ0) is 19.6. The first-order valence-corrected chi connectivity index (χ1v) is 7.93. The van der Waals surface area contributed by atoms with E-state index in [2.05, 4.69) is 5.28 Å². The van der Waals surface area contributed by atoms with Gasteiger partial charge in [-0.3, -0.25) is 9.59 Å². The van der Waals surface area contributed by atoms with Gasteiger partial charge in [0.1, 0.15) is 0 Å². The van der Waals surface area contributed by atoms with Gasteiger partial charge >= 0.3 is 5.97 Å². The molecule has 140 valence electrons. The van der Waals surface area contributed by atoms with E-state index in [1.165, 1.54) is 26.1 Å². The van der Waals surface area contributed by atoms with Gasteiger partial charge in [-0.2, -0.15) is 0 Å². The molecule has 0 bridgehead atoms. The smallest absolute Gasteiger partial charge is 0.332 e. The zero-order valence-electron chi connectivity index (χ0n) is 14.8. The van der Waals surface area contributed by atoms with Gasteiger partial charge in [-0.1, -0.05) is 26.0 Å². The maximum absolute atomic E-state index is 12.3. The van der Waals surface area contributed by atoms with Crippen LogP contribution < -0.4 is 0 Å². The second-order valence-electron chi connectivity index (χ2n) is 6.17. The SMILES string of the molecule is CC(C)[C@@H](C(=O)O)N(C)/[N+]([O-])=N/OC(C)N1C(=O)c2ccccc2C1=O. The van der Waals surface area contributed by atoms with Gasteiger partial charge in [-0.25, -0.2) is 9.69 Å². The molecule has 0 spiro atoms. The third-order valence-electron chi connectivity index (χ3n) is 4.02. The van der Waals surface area contributed by atoms with Crippen molar-refractivity contribution in [2.45, 2.75) is 33.0 Å². The van der Waals surface area contributed by atoms with E-state index in [1.807, 2.05) is 0 Å². The maximum atomic E-state index is 12.3. The fourth-order valence-corrected chi connectivity index (χ4v) is 2.73. The summed E-state index contributed by atoms with van der Waals surface area (Å²) in [5, 5.41) is 25.3. The summed E-state index contributed by atoms with van der Waals surface area (Å²) >= 11 is 0. The lowest BCUT2D eigenvalue weighted by Gasteiger charge is -2.24. The standard InChI is InChI=1S/C16H20N4O6/c1-9(2)13(16(23)24)18(4)20(25)17-26-10(3)19-14(21)11-7-5-6-8-12(11)15(19)22/h5-10,13H,1-4H3,(H,23,24)/b20-17-/t10?,13-/m0/s1. The van der Waals surface area contributed by atoms with Crippen LogP contribution >= 0.6 is 0 Å². The number of carboxylic acids is 1. The Balaban J connectivity index is 2.12. The number of carboxylic acid groups (broad SMARTS) is 1. The van der Waals surface area contributed by atoms with Crippen molar-refractivity contribution >= 4 is 17.8 Å². The summed E-state index contributed by atoms with van der Waals surface area (Å²) in [6.45, 7) is 4.67. The number of likely N-dealkylation sites (N-methyl/N-ethyl adjacent to an activating group) is 1. The number of carbonyl (C=O) groups excluding carboxylic acids is 2. The maximum Gasteiger partial charge on any atom is 0.332 e. The molecule has 2 amide bonds. The normalized spacial score (nSPS) is 16.5. The van der Waals surface area contributed by atoms with E-state index in [0.717, 1.165) is 9.91 Å². The molecule has 0 fully saturated rings. The van der Waals surface area contributed by atoms with Gasteiger partial charge in [0.25, 0.3) is 11.8 Å². The van der Waals surface area contributed by atoms with Gasteiger partial charge in [-0.05, 0) is 25.0 Å². The summed E-state index contributed by atoms with van der Waals surface area (Å²) in [5.74, 6) is -2.65.